The number of amidine groups is 1. The van der Waals surface area contributed by atoms with Crippen LogP contribution < -0.4 is 4.90 Å². The van der Waals surface area contributed by atoms with Crippen molar-refractivity contribution < 1.29 is 21.6 Å². The number of alkyl halides is 3. The number of rotatable bonds is 1. The number of nitrogens with zero attached hydrogens (tertiary/aromatic N) is 1. The Balaban J connectivity index is 2.07. The van der Waals surface area contributed by atoms with Crippen LogP contribution in [-0.2, 0) is 16.0 Å². The number of benzene rings is 1. The Kier molecular flexibility index (Phi) is 3.25. The van der Waals surface area contributed by atoms with Crippen molar-refractivity contribution in [2.45, 2.75) is 17.5 Å². The number of para-hydroxylation sites is 1. The lowest BCUT2D eigenvalue weighted by atomic mass is 10.1. The molecule has 2 heterocycles. The fourth-order valence-electron chi connectivity index (χ4n) is 2.71. The lowest BCUT2D eigenvalue weighted by Crippen LogP contribution is -2.38. The first kappa shape index (κ1) is 14.7. The summed E-state index contributed by atoms with van der Waals surface area (Å²) in [6.45, 7) is 0. The topological polar surface area (TPSA) is 61.2 Å². The van der Waals surface area contributed by atoms with Crippen LogP contribution in [0, 0.1) is 5.41 Å². The highest BCUT2D eigenvalue weighted by Gasteiger charge is 2.50. The standard InChI is InChI=1S/C12H11F3N2O2S2/c13-12(14,15)7-3-1-2-4-8(7)17-9-5-21(18,19)6-10(9)20-11(17)16/h1-4,9-10,16H,5-6H2/t9-,10-/m0/s1. The molecule has 2 aliphatic heterocycles. The summed E-state index contributed by atoms with van der Waals surface area (Å²) in [5.74, 6) is -0.297. The second-order valence-electron chi connectivity index (χ2n) is 4.99. The molecule has 0 amide bonds. The van der Waals surface area contributed by atoms with Crippen LogP contribution in [0.25, 0.3) is 0 Å². The van der Waals surface area contributed by atoms with Crippen LogP contribution in [0.4, 0.5) is 18.9 Å². The van der Waals surface area contributed by atoms with Crippen molar-refractivity contribution in [3.05, 3.63) is 29.8 Å². The predicted molar refractivity (Wildman–Crippen MR) is 75.5 cm³/mol. The van der Waals surface area contributed by atoms with Gasteiger partial charge in [-0.05, 0) is 12.1 Å². The summed E-state index contributed by atoms with van der Waals surface area (Å²) in [6, 6.07) is 4.37. The largest absolute Gasteiger partial charge is 0.418 e. The van der Waals surface area contributed by atoms with Gasteiger partial charge in [0.15, 0.2) is 15.0 Å². The van der Waals surface area contributed by atoms with Crippen LogP contribution in [0.3, 0.4) is 0 Å². The van der Waals surface area contributed by atoms with E-state index in [1.54, 1.807) is 0 Å². The molecule has 2 aliphatic rings. The molecule has 0 aromatic heterocycles. The molecule has 2 fully saturated rings. The van der Waals surface area contributed by atoms with E-state index in [0.717, 1.165) is 17.8 Å². The second-order valence-corrected chi connectivity index (χ2v) is 8.37. The van der Waals surface area contributed by atoms with Crippen LogP contribution in [0.5, 0.6) is 0 Å². The molecule has 1 aromatic rings. The molecule has 0 radical (unpaired) electrons. The minimum Gasteiger partial charge on any atom is -0.316 e. The van der Waals surface area contributed by atoms with Gasteiger partial charge in [-0.15, -0.1) is 0 Å². The quantitative estimate of drug-likeness (QED) is 0.855. The number of thioether (sulfide) groups is 1. The Labute approximate surface area is 123 Å². The zero-order valence-corrected chi connectivity index (χ0v) is 12.2. The van der Waals surface area contributed by atoms with Gasteiger partial charge in [0.05, 0.1) is 28.8 Å². The zero-order valence-electron chi connectivity index (χ0n) is 10.6. The van der Waals surface area contributed by atoms with Gasteiger partial charge in [-0.2, -0.15) is 13.2 Å². The monoisotopic (exact) mass is 336 g/mol. The van der Waals surface area contributed by atoms with Gasteiger partial charge in [0.1, 0.15) is 0 Å². The predicted octanol–water partition coefficient (Wildman–Crippen LogP) is 2.36. The maximum atomic E-state index is 13.1. The van der Waals surface area contributed by atoms with Gasteiger partial charge in [-0.25, -0.2) is 8.42 Å². The van der Waals surface area contributed by atoms with Crippen molar-refractivity contribution in [1.82, 2.24) is 0 Å². The zero-order chi connectivity index (χ0) is 15.4. The van der Waals surface area contributed by atoms with E-state index in [1.807, 2.05) is 0 Å². The van der Waals surface area contributed by atoms with Gasteiger partial charge < -0.3 is 4.90 Å². The Morgan fingerprint density at radius 1 is 1.24 bits per heavy atom. The Hall–Kier alpha value is -1.22. The van der Waals surface area contributed by atoms with Crippen molar-refractivity contribution in [3.63, 3.8) is 0 Å². The molecular formula is C12H11F3N2O2S2. The maximum absolute atomic E-state index is 13.1. The molecule has 0 aliphatic carbocycles. The Bertz CT molecular complexity index is 703. The smallest absolute Gasteiger partial charge is 0.316 e. The highest BCUT2D eigenvalue weighted by molar-refractivity contribution is 8.15. The number of halogens is 3. The van der Waals surface area contributed by atoms with E-state index in [0.29, 0.717) is 0 Å². The van der Waals surface area contributed by atoms with Crippen LogP contribution >= 0.6 is 11.8 Å². The van der Waals surface area contributed by atoms with E-state index < -0.39 is 27.6 Å². The van der Waals surface area contributed by atoms with Gasteiger partial charge in [0, 0.05) is 5.25 Å². The molecule has 114 valence electrons. The summed E-state index contributed by atoms with van der Waals surface area (Å²) in [6.07, 6.45) is -4.54. The number of sulfone groups is 1. The average Bonchev–Trinajstić information content (AvgIpc) is 2.78. The van der Waals surface area contributed by atoms with Crippen molar-refractivity contribution in [2.75, 3.05) is 16.4 Å². The molecule has 4 nitrogen and oxygen atoms in total. The number of fused-ring (bicyclic) bond motifs is 1. The normalized spacial score (nSPS) is 28.0. The minimum atomic E-state index is -4.54. The molecule has 3 rings (SSSR count). The Morgan fingerprint density at radius 3 is 2.57 bits per heavy atom. The van der Waals surface area contributed by atoms with E-state index in [9.17, 15) is 21.6 Å². The highest BCUT2D eigenvalue weighted by atomic mass is 32.2. The summed E-state index contributed by atoms with van der Waals surface area (Å²) >= 11 is 1.02. The summed E-state index contributed by atoms with van der Waals surface area (Å²) in [4.78, 5) is 1.21. The third kappa shape index (κ3) is 2.52. The molecule has 1 N–H and O–H groups in total. The van der Waals surface area contributed by atoms with Crippen LogP contribution in [-0.4, -0.2) is 36.4 Å². The minimum absolute atomic E-state index is 0.0309. The second kappa shape index (κ2) is 4.64. The molecular weight excluding hydrogens is 325 g/mol. The molecule has 0 spiro atoms. The first-order chi connectivity index (χ1) is 9.69. The van der Waals surface area contributed by atoms with E-state index in [4.69, 9.17) is 5.41 Å². The molecule has 0 unspecified atom stereocenters. The lowest BCUT2D eigenvalue weighted by molar-refractivity contribution is -0.137. The van der Waals surface area contributed by atoms with Crippen LogP contribution in [0.2, 0.25) is 0 Å². The molecule has 1 aromatic carbocycles. The number of hydrogen-bond donors (Lipinski definition) is 1. The molecule has 9 heteroatoms. The lowest BCUT2D eigenvalue weighted by Gasteiger charge is -2.26. The summed E-state index contributed by atoms with van der Waals surface area (Å²) in [7, 11) is -3.26. The summed E-state index contributed by atoms with van der Waals surface area (Å²) in [5.41, 5.74) is -0.993. The van der Waals surface area contributed by atoms with Crippen molar-refractivity contribution in [3.8, 4) is 0 Å². The van der Waals surface area contributed by atoms with Crippen LogP contribution in [0.1, 0.15) is 5.56 Å². The first-order valence-electron chi connectivity index (χ1n) is 6.10. The molecule has 2 saturated heterocycles. The van der Waals surface area contributed by atoms with Crippen LogP contribution in [0.15, 0.2) is 24.3 Å². The van der Waals surface area contributed by atoms with E-state index >= 15 is 0 Å². The van der Waals surface area contributed by atoms with E-state index in [1.165, 1.54) is 23.1 Å². The third-order valence-corrected chi connectivity index (χ3v) is 6.69. The summed E-state index contributed by atoms with van der Waals surface area (Å²) in [5, 5.41) is 7.50. The SMILES string of the molecule is N=C1S[C@H]2CS(=O)(=O)C[C@@H]2N1c1ccccc1C(F)(F)F. The van der Waals surface area contributed by atoms with Crippen molar-refractivity contribution >= 4 is 32.5 Å². The van der Waals surface area contributed by atoms with E-state index in [-0.39, 0.29) is 27.6 Å². The Morgan fingerprint density at radius 2 is 1.90 bits per heavy atom. The fourth-order valence-corrected chi connectivity index (χ4v) is 6.50. The first-order valence-corrected chi connectivity index (χ1v) is 8.80. The van der Waals surface area contributed by atoms with Gasteiger partial charge >= 0.3 is 6.18 Å². The molecule has 21 heavy (non-hydrogen) atoms. The van der Waals surface area contributed by atoms with Gasteiger partial charge in [-0.1, -0.05) is 23.9 Å². The summed E-state index contributed by atoms with van der Waals surface area (Å²) < 4.78 is 62.7. The molecule has 2 atom stereocenters. The van der Waals surface area contributed by atoms with Gasteiger partial charge in [0.25, 0.3) is 0 Å². The third-order valence-electron chi connectivity index (χ3n) is 3.55. The van der Waals surface area contributed by atoms with Crippen molar-refractivity contribution in [1.29, 1.82) is 5.41 Å². The fraction of sp³-hybridized carbons (Fsp3) is 0.417. The average molecular weight is 336 g/mol. The number of hydrogen-bond acceptors (Lipinski definition) is 4. The highest BCUT2D eigenvalue weighted by Crippen LogP contribution is 2.44. The van der Waals surface area contributed by atoms with Gasteiger partial charge in [-0.3, -0.25) is 5.41 Å². The van der Waals surface area contributed by atoms with E-state index in [2.05, 4.69) is 0 Å². The number of anilines is 1. The molecule has 0 bridgehead atoms. The maximum Gasteiger partial charge on any atom is 0.418 e. The number of nitrogens with one attached hydrogen (secondary N) is 1. The van der Waals surface area contributed by atoms with Crippen molar-refractivity contribution in [2.24, 2.45) is 0 Å². The molecule has 0 saturated carbocycles. The van der Waals surface area contributed by atoms with Gasteiger partial charge in [0.2, 0.25) is 0 Å².